The van der Waals surface area contributed by atoms with Crippen LogP contribution in [0.5, 0.6) is 0 Å². The molecule has 0 bridgehead atoms. The Morgan fingerprint density at radius 2 is 1.68 bits per heavy atom. The Morgan fingerprint density at radius 3 is 2.27 bits per heavy atom. The Morgan fingerprint density at radius 1 is 1.00 bits per heavy atom. The van der Waals surface area contributed by atoms with Crippen molar-refractivity contribution in [3.8, 4) is 0 Å². The molecule has 0 heterocycles. The smallest absolute Gasteiger partial charge is 0.242 e. The molecule has 0 saturated heterocycles. The lowest BCUT2D eigenvalue weighted by Gasteiger charge is -2.32. The summed E-state index contributed by atoms with van der Waals surface area (Å²) in [5, 5.41) is 2.98. The molecule has 2 amide bonds. The molecule has 2 aromatic carbocycles. The Balaban J connectivity index is 2.25. The van der Waals surface area contributed by atoms with Gasteiger partial charge in [0, 0.05) is 26.1 Å². The summed E-state index contributed by atoms with van der Waals surface area (Å²) in [6.07, 6.45) is 2.15. The average Bonchev–Trinajstić information content (AvgIpc) is 2.82. The molecular formula is C29H43N3O4S. The lowest BCUT2D eigenvalue weighted by molar-refractivity contribution is -0.141. The number of nitrogens with one attached hydrogen (secondary N) is 1. The van der Waals surface area contributed by atoms with Crippen molar-refractivity contribution in [3.05, 3.63) is 64.7 Å². The zero-order valence-corrected chi connectivity index (χ0v) is 24.2. The standard InChI is InChI=1S/C29H43N3O4S/c1-8-26(29(34)30-19-21(2)3)31(20-25-13-10-9-12-23(25)5)28(33)14-11-17-32(37(7,35)36)27-18-22(4)15-16-24(27)6/h9-10,12-13,15-16,18,21,26H,8,11,14,17,19-20H2,1-7H3,(H,30,34). The minimum absolute atomic E-state index is 0.136. The van der Waals surface area contributed by atoms with E-state index in [0.717, 1.165) is 22.3 Å². The maximum Gasteiger partial charge on any atom is 0.242 e. The number of hydrogen-bond donors (Lipinski definition) is 1. The van der Waals surface area contributed by atoms with Gasteiger partial charge in [-0.15, -0.1) is 0 Å². The van der Waals surface area contributed by atoms with Gasteiger partial charge in [-0.1, -0.05) is 57.2 Å². The molecule has 204 valence electrons. The molecule has 37 heavy (non-hydrogen) atoms. The highest BCUT2D eigenvalue weighted by Crippen LogP contribution is 2.25. The Kier molecular flexibility index (Phi) is 11.2. The van der Waals surface area contributed by atoms with Gasteiger partial charge < -0.3 is 10.2 Å². The molecule has 0 radical (unpaired) electrons. The van der Waals surface area contributed by atoms with E-state index < -0.39 is 16.1 Å². The second kappa shape index (κ2) is 13.6. The van der Waals surface area contributed by atoms with Crippen molar-refractivity contribution in [1.29, 1.82) is 0 Å². The summed E-state index contributed by atoms with van der Waals surface area (Å²) < 4.78 is 26.6. The molecule has 0 aromatic heterocycles. The minimum atomic E-state index is -3.54. The molecule has 1 N–H and O–H groups in total. The average molecular weight is 530 g/mol. The number of anilines is 1. The van der Waals surface area contributed by atoms with Crippen LogP contribution < -0.4 is 9.62 Å². The first-order chi connectivity index (χ1) is 17.3. The van der Waals surface area contributed by atoms with Crippen LogP contribution in [0.1, 0.15) is 62.3 Å². The van der Waals surface area contributed by atoms with Crippen molar-refractivity contribution in [2.75, 3.05) is 23.7 Å². The van der Waals surface area contributed by atoms with Crippen molar-refractivity contribution in [2.45, 2.75) is 73.4 Å². The van der Waals surface area contributed by atoms with Crippen LogP contribution in [0.4, 0.5) is 5.69 Å². The number of rotatable bonds is 13. The SMILES string of the molecule is CCC(C(=O)NCC(C)C)N(Cc1ccccc1C)C(=O)CCCN(c1cc(C)ccc1C)S(C)(=O)=O. The Labute approximate surface area is 223 Å². The van der Waals surface area contributed by atoms with Gasteiger partial charge in [-0.25, -0.2) is 8.42 Å². The molecule has 0 fully saturated rings. The molecule has 2 aromatic rings. The number of aryl methyl sites for hydroxylation is 3. The third-order valence-electron chi connectivity index (χ3n) is 6.46. The molecular weight excluding hydrogens is 486 g/mol. The van der Waals surface area contributed by atoms with Crippen LogP contribution in [0.2, 0.25) is 0 Å². The molecule has 0 aliphatic heterocycles. The Hall–Kier alpha value is -2.87. The topological polar surface area (TPSA) is 86.8 Å². The van der Waals surface area contributed by atoms with E-state index in [2.05, 4.69) is 5.32 Å². The summed E-state index contributed by atoms with van der Waals surface area (Å²) in [4.78, 5) is 28.3. The van der Waals surface area contributed by atoms with Gasteiger partial charge in [0.25, 0.3) is 0 Å². The highest BCUT2D eigenvalue weighted by atomic mass is 32.2. The lowest BCUT2D eigenvalue weighted by atomic mass is 10.0. The highest BCUT2D eigenvalue weighted by molar-refractivity contribution is 7.92. The van der Waals surface area contributed by atoms with Gasteiger partial charge in [0.15, 0.2) is 0 Å². The molecule has 8 heteroatoms. The van der Waals surface area contributed by atoms with Gasteiger partial charge in [0.2, 0.25) is 21.8 Å². The van der Waals surface area contributed by atoms with Gasteiger partial charge in [0.1, 0.15) is 6.04 Å². The zero-order chi connectivity index (χ0) is 27.8. The highest BCUT2D eigenvalue weighted by Gasteiger charge is 2.29. The third-order valence-corrected chi connectivity index (χ3v) is 7.64. The van der Waals surface area contributed by atoms with Crippen molar-refractivity contribution in [3.63, 3.8) is 0 Å². The number of sulfonamides is 1. The van der Waals surface area contributed by atoms with E-state index in [1.54, 1.807) is 4.90 Å². The number of nitrogens with zero attached hydrogens (tertiary/aromatic N) is 2. The maximum absolute atomic E-state index is 13.6. The third kappa shape index (κ3) is 8.88. The fourth-order valence-electron chi connectivity index (χ4n) is 4.28. The number of benzene rings is 2. The fourth-order valence-corrected chi connectivity index (χ4v) is 5.30. The molecule has 0 aliphatic carbocycles. The number of carbonyl (C=O) groups excluding carboxylic acids is 2. The van der Waals surface area contributed by atoms with Crippen molar-refractivity contribution >= 4 is 27.5 Å². The predicted octanol–water partition coefficient (Wildman–Crippen LogP) is 4.74. The van der Waals surface area contributed by atoms with E-state index in [1.807, 2.05) is 84.0 Å². The van der Waals surface area contributed by atoms with E-state index in [9.17, 15) is 18.0 Å². The second-order valence-electron chi connectivity index (χ2n) is 10.2. The second-order valence-corrected chi connectivity index (χ2v) is 12.1. The first-order valence-corrected chi connectivity index (χ1v) is 14.9. The quantitative estimate of drug-likeness (QED) is 0.406. The number of carbonyl (C=O) groups is 2. The minimum Gasteiger partial charge on any atom is -0.354 e. The van der Waals surface area contributed by atoms with Crippen LogP contribution in [0.3, 0.4) is 0 Å². The first kappa shape index (κ1) is 30.4. The van der Waals surface area contributed by atoms with Crippen molar-refractivity contribution in [2.24, 2.45) is 5.92 Å². The molecule has 1 unspecified atom stereocenters. The summed E-state index contributed by atoms with van der Waals surface area (Å²) in [5.74, 6) is -0.0236. The van der Waals surface area contributed by atoms with Crippen LogP contribution >= 0.6 is 0 Å². The van der Waals surface area contributed by atoms with Gasteiger partial charge >= 0.3 is 0 Å². The first-order valence-electron chi connectivity index (χ1n) is 13.0. The maximum atomic E-state index is 13.6. The van der Waals surface area contributed by atoms with E-state index in [-0.39, 0.29) is 24.8 Å². The molecule has 2 rings (SSSR count). The monoisotopic (exact) mass is 529 g/mol. The molecule has 0 saturated carbocycles. The van der Waals surface area contributed by atoms with Crippen LogP contribution in [-0.4, -0.2) is 50.5 Å². The van der Waals surface area contributed by atoms with E-state index in [1.165, 1.54) is 10.6 Å². The van der Waals surface area contributed by atoms with Crippen LogP contribution in [0, 0.1) is 26.7 Å². The summed E-state index contributed by atoms with van der Waals surface area (Å²) in [7, 11) is -3.54. The number of hydrogen-bond acceptors (Lipinski definition) is 4. The van der Waals surface area contributed by atoms with Gasteiger partial charge in [-0.2, -0.15) is 0 Å². The predicted molar refractivity (Wildman–Crippen MR) is 151 cm³/mol. The summed E-state index contributed by atoms with van der Waals surface area (Å²) >= 11 is 0. The molecule has 0 spiro atoms. The largest absolute Gasteiger partial charge is 0.354 e. The van der Waals surface area contributed by atoms with Crippen LogP contribution in [0.25, 0.3) is 0 Å². The zero-order valence-electron chi connectivity index (χ0n) is 23.4. The van der Waals surface area contributed by atoms with E-state index >= 15 is 0 Å². The molecule has 7 nitrogen and oxygen atoms in total. The van der Waals surface area contributed by atoms with Crippen molar-refractivity contribution in [1.82, 2.24) is 10.2 Å². The van der Waals surface area contributed by atoms with E-state index in [4.69, 9.17) is 0 Å². The summed E-state index contributed by atoms with van der Waals surface area (Å²) in [6.45, 7) is 12.8. The summed E-state index contributed by atoms with van der Waals surface area (Å²) in [6, 6.07) is 12.9. The lowest BCUT2D eigenvalue weighted by Crippen LogP contribution is -2.49. The van der Waals surface area contributed by atoms with Gasteiger partial charge in [-0.3, -0.25) is 13.9 Å². The molecule has 1 atom stereocenters. The molecule has 0 aliphatic rings. The van der Waals surface area contributed by atoms with E-state index in [0.29, 0.717) is 37.5 Å². The fraction of sp³-hybridized carbons (Fsp3) is 0.517. The van der Waals surface area contributed by atoms with Gasteiger partial charge in [0.05, 0.1) is 11.9 Å². The normalized spacial score (nSPS) is 12.3. The summed E-state index contributed by atoms with van der Waals surface area (Å²) in [5.41, 5.74) is 4.49. The number of amides is 2. The Bertz CT molecular complexity index is 1180. The van der Waals surface area contributed by atoms with Crippen LogP contribution in [0.15, 0.2) is 42.5 Å². The van der Waals surface area contributed by atoms with Gasteiger partial charge in [-0.05, 0) is 67.9 Å². The van der Waals surface area contributed by atoms with Crippen LogP contribution in [-0.2, 0) is 26.2 Å². The van der Waals surface area contributed by atoms with Crippen molar-refractivity contribution < 1.29 is 18.0 Å².